The van der Waals surface area contributed by atoms with Crippen LogP contribution in [0.3, 0.4) is 0 Å². The molecule has 1 heterocycles. The van der Waals surface area contributed by atoms with Crippen LogP contribution >= 0.6 is 0 Å². The van der Waals surface area contributed by atoms with E-state index in [0.29, 0.717) is 5.56 Å². The molecule has 0 bridgehead atoms. The maximum absolute atomic E-state index is 11.6. The maximum Gasteiger partial charge on any atom is 0.327 e. The number of aliphatic carboxylic acids is 1. The molecule has 1 aromatic heterocycles. The Kier molecular flexibility index (Phi) is 4.04. The number of amides is 1. The molecule has 1 atom stereocenters. The number of terminal acetylenes is 1. The van der Waals surface area contributed by atoms with Crippen LogP contribution in [-0.2, 0) is 4.79 Å². The molecule has 82 valence electrons. The van der Waals surface area contributed by atoms with E-state index in [9.17, 15) is 9.59 Å². The average molecular weight is 218 g/mol. The van der Waals surface area contributed by atoms with Crippen LogP contribution in [0.2, 0.25) is 0 Å². The van der Waals surface area contributed by atoms with Crippen LogP contribution in [0.5, 0.6) is 0 Å². The minimum atomic E-state index is -1.15. The Hall–Kier alpha value is -2.35. The third-order valence-electron chi connectivity index (χ3n) is 1.87. The van der Waals surface area contributed by atoms with Gasteiger partial charge in [0, 0.05) is 24.4 Å². The second kappa shape index (κ2) is 5.51. The van der Waals surface area contributed by atoms with Gasteiger partial charge in [-0.25, -0.2) is 4.79 Å². The summed E-state index contributed by atoms with van der Waals surface area (Å²) in [6.07, 6.45) is 7.86. The molecule has 0 fully saturated rings. The molecule has 2 N–H and O–H groups in total. The topological polar surface area (TPSA) is 79.3 Å². The average Bonchev–Trinajstić information content (AvgIpc) is 2.29. The van der Waals surface area contributed by atoms with E-state index in [0.717, 1.165) is 0 Å². The van der Waals surface area contributed by atoms with Gasteiger partial charge in [0.15, 0.2) is 0 Å². The van der Waals surface area contributed by atoms with Gasteiger partial charge in [-0.2, -0.15) is 0 Å². The molecule has 0 aromatic carbocycles. The smallest absolute Gasteiger partial charge is 0.327 e. The van der Waals surface area contributed by atoms with Gasteiger partial charge in [-0.15, -0.1) is 12.3 Å². The molecule has 1 aromatic rings. The number of hydrogen-bond acceptors (Lipinski definition) is 3. The number of aromatic nitrogens is 1. The van der Waals surface area contributed by atoms with E-state index in [-0.39, 0.29) is 6.42 Å². The fourth-order valence-electron chi connectivity index (χ4n) is 1.06. The third kappa shape index (κ3) is 3.10. The molecule has 5 nitrogen and oxygen atoms in total. The van der Waals surface area contributed by atoms with Gasteiger partial charge in [-0.05, 0) is 12.1 Å². The van der Waals surface area contributed by atoms with Crippen molar-refractivity contribution < 1.29 is 14.7 Å². The standard InChI is InChI=1S/C11H10N2O3/c1-2-3-9(11(15)16)13-10(14)8-4-6-12-7-5-8/h1,4-7,9H,3H2,(H,13,14)(H,15,16)/t9-/m1/s1. The number of rotatable bonds is 4. The second-order valence-electron chi connectivity index (χ2n) is 3.01. The summed E-state index contributed by atoms with van der Waals surface area (Å²) in [5.41, 5.74) is 0.346. The molecule has 0 saturated carbocycles. The molecule has 1 amide bonds. The monoisotopic (exact) mass is 218 g/mol. The third-order valence-corrected chi connectivity index (χ3v) is 1.87. The lowest BCUT2D eigenvalue weighted by Gasteiger charge is -2.11. The van der Waals surface area contributed by atoms with Gasteiger partial charge >= 0.3 is 5.97 Å². The summed E-state index contributed by atoms with van der Waals surface area (Å²) in [6, 6.07) is 1.92. The minimum absolute atomic E-state index is 0.0494. The Labute approximate surface area is 92.5 Å². The Morgan fingerprint density at radius 1 is 1.50 bits per heavy atom. The first-order valence-electron chi connectivity index (χ1n) is 4.52. The van der Waals surface area contributed by atoms with Crippen molar-refractivity contribution in [1.29, 1.82) is 0 Å². The summed E-state index contributed by atoms with van der Waals surface area (Å²) in [5, 5.41) is 11.1. The fourth-order valence-corrected chi connectivity index (χ4v) is 1.06. The summed E-state index contributed by atoms with van der Waals surface area (Å²) in [5.74, 6) is 0.564. The highest BCUT2D eigenvalue weighted by molar-refractivity contribution is 5.96. The highest BCUT2D eigenvalue weighted by atomic mass is 16.4. The number of carbonyl (C=O) groups excluding carboxylic acids is 1. The number of pyridine rings is 1. The number of carboxylic acid groups (broad SMARTS) is 1. The van der Waals surface area contributed by atoms with E-state index in [1.54, 1.807) is 0 Å². The predicted octanol–water partition coefficient (Wildman–Crippen LogP) is 0.288. The lowest BCUT2D eigenvalue weighted by molar-refractivity contribution is -0.139. The Morgan fingerprint density at radius 3 is 2.62 bits per heavy atom. The van der Waals surface area contributed by atoms with Crippen molar-refractivity contribution in [3.05, 3.63) is 30.1 Å². The summed E-state index contributed by atoms with van der Waals surface area (Å²) in [6.45, 7) is 0. The van der Waals surface area contributed by atoms with Crippen molar-refractivity contribution in [3.8, 4) is 12.3 Å². The van der Waals surface area contributed by atoms with Gasteiger partial charge in [0.2, 0.25) is 0 Å². The molecule has 1 rings (SSSR count). The molecular weight excluding hydrogens is 208 g/mol. The first-order valence-corrected chi connectivity index (χ1v) is 4.52. The SMILES string of the molecule is C#CC[C@@H](NC(=O)c1ccncc1)C(=O)O. The highest BCUT2D eigenvalue weighted by Gasteiger charge is 2.19. The molecule has 0 spiro atoms. The largest absolute Gasteiger partial charge is 0.480 e. The number of nitrogens with one attached hydrogen (secondary N) is 1. The van der Waals surface area contributed by atoms with Crippen LogP contribution in [0.1, 0.15) is 16.8 Å². The van der Waals surface area contributed by atoms with E-state index in [1.807, 2.05) is 0 Å². The van der Waals surface area contributed by atoms with Crippen molar-refractivity contribution in [1.82, 2.24) is 10.3 Å². The fraction of sp³-hybridized carbons (Fsp3) is 0.182. The molecule has 0 aliphatic carbocycles. The molecule has 0 saturated heterocycles. The second-order valence-corrected chi connectivity index (χ2v) is 3.01. The van der Waals surface area contributed by atoms with Crippen LogP contribution < -0.4 is 5.32 Å². The summed E-state index contributed by atoms with van der Waals surface area (Å²) in [4.78, 5) is 26.0. The molecule has 0 aliphatic rings. The van der Waals surface area contributed by atoms with Crippen molar-refractivity contribution in [2.45, 2.75) is 12.5 Å². The summed E-state index contributed by atoms with van der Waals surface area (Å²) in [7, 11) is 0. The zero-order valence-electron chi connectivity index (χ0n) is 8.38. The Morgan fingerprint density at radius 2 is 2.12 bits per heavy atom. The molecule has 0 unspecified atom stereocenters. The Bertz CT molecular complexity index is 423. The maximum atomic E-state index is 11.6. The van der Waals surface area contributed by atoms with Crippen LogP contribution in [0.4, 0.5) is 0 Å². The minimum Gasteiger partial charge on any atom is -0.480 e. The van der Waals surface area contributed by atoms with E-state index < -0.39 is 17.9 Å². The van der Waals surface area contributed by atoms with Gasteiger partial charge < -0.3 is 10.4 Å². The molecule has 16 heavy (non-hydrogen) atoms. The summed E-state index contributed by atoms with van der Waals surface area (Å²) < 4.78 is 0. The van der Waals surface area contributed by atoms with E-state index >= 15 is 0 Å². The normalized spacial score (nSPS) is 11.2. The lowest BCUT2D eigenvalue weighted by atomic mass is 10.2. The molecule has 0 aliphatic heterocycles. The number of hydrogen-bond donors (Lipinski definition) is 2. The van der Waals surface area contributed by atoms with Gasteiger partial charge in [0.05, 0.1) is 0 Å². The van der Waals surface area contributed by atoms with E-state index in [4.69, 9.17) is 11.5 Å². The van der Waals surface area contributed by atoms with Crippen LogP contribution in [0, 0.1) is 12.3 Å². The van der Waals surface area contributed by atoms with Crippen molar-refractivity contribution in [2.75, 3.05) is 0 Å². The number of carbonyl (C=O) groups is 2. The van der Waals surface area contributed by atoms with E-state index in [1.165, 1.54) is 24.5 Å². The van der Waals surface area contributed by atoms with Crippen LogP contribution in [-0.4, -0.2) is 28.0 Å². The molecule has 5 heteroatoms. The zero-order chi connectivity index (χ0) is 12.0. The van der Waals surface area contributed by atoms with Crippen LogP contribution in [0.25, 0.3) is 0 Å². The first kappa shape index (κ1) is 11.7. The summed E-state index contributed by atoms with van der Waals surface area (Å²) >= 11 is 0. The molecule has 0 radical (unpaired) electrons. The van der Waals surface area contributed by atoms with Gasteiger partial charge in [-0.3, -0.25) is 9.78 Å². The van der Waals surface area contributed by atoms with Crippen LogP contribution in [0.15, 0.2) is 24.5 Å². The van der Waals surface area contributed by atoms with Crippen molar-refractivity contribution in [2.24, 2.45) is 0 Å². The van der Waals surface area contributed by atoms with Gasteiger partial charge in [0.25, 0.3) is 5.91 Å². The van der Waals surface area contributed by atoms with Crippen molar-refractivity contribution >= 4 is 11.9 Å². The predicted molar refractivity (Wildman–Crippen MR) is 56.6 cm³/mol. The Balaban J connectivity index is 2.70. The number of nitrogens with zero attached hydrogens (tertiary/aromatic N) is 1. The quantitative estimate of drug-likeness (QED) is 0.712. The van der Waals surface area contributed by atoms with Gasteiger partial charge in [-0.1, -0.05) is 0 Å². The molecular formula is C11H10N2O3. The van der Waals surface area contributed by atoms with Crippen molar-refractivity contribution in [3.63, 3.8) is 0 Å². The van der Waals surface area contributed by atoms with Gasteiger partial charge in [0.1, 0.15) is 6.04 Å². The lowest BCUT2D eigenvalue weighted by Crippen LogP contribution is -2.40. The highest BCUT2D eigenvalue weighted by Crippen LogP contribution is 1.98. The first-order chi connectivity index (χ1) is 7.65. The van der Waals surface area contributed by atoms with E-state index in [2.05, 4.69) is 16.2 Å². The number of carboxylic acids is 1. The zero-order valence-corrected chi connectivity index (χ0v) is 8.38.